The van der Waals surface area contributed by atoms with Gasteiger partial charge in [-0.1, -0.05) is 0 Å². The summed E-state index contributed by atoms with van der Waals surface area (Å²) in [6, 6.07) is 2.05. The third-order valence-electron chi connectivity index (χ3n) is 6.25. The number of carbonyl (C=O) groups is 1. The summed E-state index contributed by atoms with van der Waals surface area (Å²) in [5, 5.41) is 12.7. The van der Waals surface area contributed by atoms with E-state index in [1.807, 2.05) is 0 Å². The molecule has 0 unspecified atom stereocenters. The molecule has 0 amide bonds. The molecule has 186 valence electrons. The number of unbranched alkanes of at least 4 members (excludes halogenated alkanes) is 2. The quantitative estimate of drug-likeness (QED) is 0.459. The number of aryl methyl sites for hydroxylation is 1. The van der Waals surface area contributed by atoms with Gasteiger partial charge in [-0.25, -0.2) is 22.2 Å². The predicted octanol–water partition coefficient (Wildman–Crippen LogP) is 3.34. The van der Waals surface area contributed by atoms with Crippen LogP contribution in [0.4, 0.5) is 8.78 Å². The number of carboxylic acids is 1. The molecule has 1 saturated heterocycles. The highest BCUT2D eigenvalue weighted by Gasteiger charge is 2.41. The number of halogens is 2. The van der Waals surface area contributed by atoms with Crippen LogP contribution in [0.5, 0.6) is 5.88 Å². The molecule has 2 heterocycles. The minimum absolute atomic E-state index is 0.00713. The van der Waals surface area contributed by atoms with E-state index in [-0.39, 0.29) is 49.2 Å². The topological polar surface area (TPSA) is 109 Å². The molecule has 0 spiro atoms. The second kappa shape index (κ2) is 11.1. The second-order valence-corrected chi connectivity index (χ2v) is 10.7. The highest BCUT2D eigenvalue weighted by molar-refractivity contribution is 7.89. The van der Waals surface area contributed by atoms with Crippen LogP contribution in [0.1, 0.15) is 63.5 Å². The van der Waals surface area contributed by atoms with Crippen molar-refractivity contribution in [2.45, 2.75) is 87.6 Å². The number of rotatable bonds is 11. The van der Waals surface area contributed by atoms with Crippen molar-refractivity contribution in [3.05, 3.63) is 17.8 Å². The van der Waals surface area contributed by atoms with Crippen LogP contribution in [0.25, 0.3) is 0 Å². The molecule has 1 aliphatic heterocycles. The van der Waals surface area contributed by atoms with E-state index in [1.165, 1.54) is 6.07 Å². The number of hydrogen-bond acceptors (Lipinski definition) is 6. The van der Waals surface area contributed by atoms with Crippen LogP contribution in [0.3, 0.4) is 0 Å². The molecule has 0 aromatic carbocycles. The van der Waals surface area contributed by atoms with Crippen LogP contribution in [0, 0.1) is 6.92 Å². The fraction of sp³-hybridized carbons (Fsp3) is 0.727. The molecule has 2 fully saturated rings. The number of aliphatic carboxylic acids is 1. The summed E-state index contributed by atoms with van der Waals surface area (Å²) >= 11 is 0. The number of ether oxygens (including phenoxy) is 1. The van der Waals surface area contributed by atoms with E-state index in [4.69, 9.17) is 4.74 Å². The predicted molar refractivity (Wildman–Crippen MR) is 118 cm³/mol. The average molecular weight is 490 g/mol. The Hall–Kier alpha value is -1.85. The fourth-order valence-corrected chi connectivity index (χ4v) is 6.06. The van der Waals surface area contributed by atoms with Crippen molar-refractivity contribution in [1.82, 2.24) is 14.6 Å². The van der Waals surface area contributed by atoms with E-state index in [2.05, 4.69) is 10.3 Å². The lowest BCUT2D eigenvalue weighted by molar-refractivity contribution is -0.140. The first-order chi connectivity index (χ1) is 15.6. The van der Waals surface area contributed by atoms with Gasteiger partial charge in [0, 0.05) is 31.1 Å². The molecular formula is C22H33F2N3O5S. The summed E-state index contributed by atoms with van der Waals surface area (Å²) in [5.41, 5.74) is 0.599. The maximum absolute atomic E-state index is 13.2. The van der Waals surface area contributed by atoms with Crippen LogP contribution >= 0.6 is 0 Å². The Labute approximate surface area is 193 Å². The Balaban J connectivity index is 1.48. The number of hydrogen-bond donors (Lipinski definition) is 2. The molecule has 3 rings (SSSR count). The van der Waals surface area contributed by atoms with Gasteiger partial charge in [0.05, 0.1) is 6.61 Å². The number of aromatic nitrogens is 1. The molecule has 8 nitrogen and oxygen atoms in total. The lowest BCUT2D eigenvalue weighted by Crippen LogP contribution is -2.40. The van der Waals surface area contributed by atoms with Crippen LogP contribution in [0.15, 0.2) is 17.0 Å². The van der Waals surface area contributed by atoms with Gasteiger partial charge >= 0.3 is 5.97 Å². The van der Waals surface area contributed by atoms with Gasteiger partial charge in [0.15, 0.2) is 0 Å². The highest BCUT2D eigenvalue weighted by atomic mass is 32.2. The minimum atomic E-state index is -4.05. The second-order valence-electron chi connectivity index (χ2n) is 8.86. The Bertz CT molecular complexity index is 919. The number of carboxylic acid groups (broad SMARTS) is 1. The molecule has 1 saturated carbocycles. The highest BCUT2D eigenvalue weighted by Crippen LogP contribution is 2.33. The number of nitrogens with one attached hydrogen (secondary N) is 1. The van der Waals surface area contributed by atoms with E-state index < -0.39 is 28.0 Å². The van der Waals surface area contributed by atoms with Crippen LogP contribution in [0.2, 0.25) is 0 Å². The lowest BCUT2D eigenvalue weighted by Gasteiger charge is -2.28. The molecule has 33 heavy (non-hydrogen) atoms. The number of pyridine rings is 1. The molecule has 0 bridgehead atoms. The van der Waals surface area contributed by atoms with E-state index in [0.717, 1.165) is 23.7 Å². The van der Waals surface area contributed by atoms with Crippen LogP contribution < -0.4 is 10.1 Å². The zero-order chi connectivity index (χ0) is 24.1. The molecule has 1 atom stereocenters. The number of alkyl halides is 2. The molecule has 2 N–H and O–H groups in total. The maximum atomic E-state index is 13.2. The van der Waals surface area contributed by atoms with E-state index in [1.54, 1.807) is 13.0 Å². The standard InChI is InChI=1S/C22H33F2N3O5S/c1-16-7-8-19(33(30,31)27-14-5-6-18(27)21(28)29)20(26-16)32-15-4-2-3-13-25-17-9-11-22(23,24)12-10-17/h7-8,17-18,25H,2-6,9-15H2,1H3,(H,28,29)/t18-/m0/s1. The van der Waals surface area contributed by atoms with Gasteiger partial charge in [-0.05, 0) is 70.5 Å². The van der Waals surface area contributed by atoms with Gasteiger partial charge in [0.2, 0.25) is 21.8 Å². The first-order valence-electron chi connectivity index (χ1n) is 11.6. The van der Waals surface area contributed by atoms with Gasteiger partial charge < -0.3 is 15.2 Å². The molecule has 1 aliphatic carbocycles. The summed E-state index contributed by atoms with van der Waals surface area (Å²) in [4.78, 5) is 15.6. The molecule has 2 aliphatic rings. The largest absolute Gasteiger partial charge is 0.480 e. The van der Waals surface area contributed by atoms with Crippen molar-refractivity contribution in [2.75, 3.05) is 19.7 Å². The molecule has 0 radical (unpaired) electrons. The number of sulfonamides is 1. The number of nitrogens with zero attached hydrogens (tertiary/aromatic N) is 2. The zero-order valence-electron chi connectivity index (χ0n) is 18.9. The van der Waals surface area contributed by atoms with Gasteiger partial charge in [-0.2, -0.15) is 4.31 Å². The molecule has 11 heteroatoms. The van der Waals surface area contributed by atoms with Crippen molar-refractivity contribution >= 4 is 16.0 Å². The lowest BCUT2D eigenvalue weighted by atomic mass is 9.92. The van der Waals surface area contributed by atoms with E-state index in [0.29, 0.717) is 31.4 Å². The first kappa shape index (κ1) is 25.8. The van der Waals surface area contributed by atoms with Crippen molar-refractivity contribution in [3.8, 4) is 5.88 Å². The van der Waals surface area contributed by atoms with Crippen LogP contribution in [-0.2, 0) is 14.8 Å². The Morgan fingerprint density at radius 1 is 1.24 bits per heavy atom. The summed E-state index contributed by atoms with van der Waals surface area (Å²) in [6.07, 6.45) is 4.01. The van der Waals surface area contributed by atoms with E-state index in [9.17, 15) is 27.1 Å². The molecule has 1 aromatic rings. The smallest absolute Gasteiger partial charge is 0.322 e. The van der Waals surface area contributed by atoms with Crippen molar-refractivity contribution in [2.24, 2.45) is 0 Å². The zero-order valence-corrected chi connectivity index (χ0v) is 19.7. The summed E-state index contributed by atoms with van der Waals surface area (Å²) in [5.74, 6) is -3.68. The Morgan fingerprint density at radius 3 is 2.67 bits per heavy atom. The van der Waals surface area contributed by atoms with Gasteiger partial charge in [0.1, 0.15) is 10.9 Å². The van der Waals surface area contributed by atoms with Gasteiger partial charge in [0.25, 0.3) is 0 Å². The monoisotopic (exact) mass is 489 g/mol. The summed E-state index contributed by atoms with van der Waals surface area (Å²) in [6.45, 7) is 2.89. The average Bonchev–Trinajstić information content (AvgIpc) is 3.25. The van der Waals surface area contributed by atoms with Gasteiger partial charge in [-0.15, -0.1) is 0 Å². The Kier molecular flexibility index (Phi) is 8.63. The maximum Gasteiger partial charge on any atom is 0.322 e. The third-order valence-corrected chi connectivity index (χ3v) is 8.17. The third kappa shape index (κ3) is 6.83. The van der Waals surface area contributed by atoms with Crippen molar-refractivity contribution in [1.29, 1.82) is 0 Å². The van der Waals surface area contributed by atoms with Crippen LogP contribution in [-0.4, -0.2) is 66.5 Å². The minimum Gasteiger partial charge on any atom is -0.480 e. The Morgan fingerprint density at radius 2 is 1.97 bits per heavy atom. The summed E-state index contributed by atoms with van der Waals surface area (Å²) < 4.78 is 59.4. The molecule has 1 aromatic heterocycles. The normalized spacial score (nSPS) is 21.8. The van der Waals surface area contributed by atoms with E-state index >= 15 is 0 Å². The fourth-order valence-electron chi connectivity index (χ4n) is 4.34. The first-order valence-corrected chi connectivity index (χ1v) is 13.0. The van der Waals surface area contributed by atoms with Crippen molar-refractivity contribution in [3.63, 3.8) is 0 Å². The molecular weight excluding hydrogens is 456 g/mol. The SMILES string of the molecule is Cc1ccc(S(=O)(=O)N2CCC[C@H]2C(=O)O)c(OCCCCCNC2CCC(F)(F)CC2)n1. The van der Waals surface area contributed by atoms with Crippen molar-refractivity contribution < 1.29 is 31.8 Å². The van der Waals surface area contributed by atoms with Gasteiger partial charge in [-0.3, -0.25) is 4.79 Å². The summed E-state index contributed by atoms with van der Waals surface area (Å²) in [7, 11) is -4.05.